The van der Waals surface area contributed by atoms with Crippen molar-refractivity contribution in [1.29, 1.82) is 0 Å². The quantitative estimate of drug-likeness (QED) is 0.781. The summed E-state index contributed by atoms with van der Waals surface area (Å²) in [6.45, 7) is 12.9. The Bertz CT molecular complexity index is 762. The van der Waals surface area contributed by atoms with E-state index in [9.17, 15) is 5.11 Å². The second-order valence-electron chi connectivity index (χ2n) is 8.45. The molecule has 0 bridgehead atoms. The van der Waals surface area contributed by atoms with Crippen LogP contribution in [0.1, 0.15) is 52.7 Å². The van der Waals surface area contributed by atoms with Crippen molar-refractivity contribution in [2.24, 2.45) is 0 Å². The van der Waals surface area contributed by atoms with E-state index < -0.39 is 0 Å². The molecule has 0 atom stereocenters. The summed E-state index contributed by atoms with van der Waals surface area (Å²) in [6, 6.07) is 9.57. The Hall–Kier alpha value is -2.16. The summed E-state index contributed by atoms with van der Waals surface area (Å²) in [5, 5.41) is 10.8. The molecular weight excluding hydrogens is 312 g/mol. The third-order valence-electron chi connectivity index (χ3n) is 4.42. The van der Waals surface area contributed by atoms with Crippen LogP contribution in [0.15, 0.2) is 30.3 Å². The first-order valence-electron chi connectivity index (χ1n) is 8.60. The maximum atomic E-state index is 10.8. The fourth-order valence-corrected chi connectivity index (χ4v) is 3.25. The highest BCUT2D eigenvalue weighted by Crippen LogP contribution is 2.47. The van der Waals surface area contributed by atoms with E-state index in [-0.39, 0.29) is 16.6 Å². The van der Waals surface area contributed by atoms with Gasteiger partial charge >= 0.3 is 0 Å². The summed E-state index contributed by atoms with van der Waals surface area (Å²) in [4.78, 5) is 0. The molecule has 0 saturated heterocycles. The van der Waals surface area contributed by atoms with Gasteiger partial charge in [-0.2, -0.15) is 0 Å². The van der Waals surface area contributed by atoms with Crippen molar-refractivity contribution in [3.05, 3.63) is 41.5 Å². The van der Waals surface area contributed by atoms with Gasteiger partial charge in [-0.3, -0.25) is 0 Å². The van der Waals surface area contributed by atoms with Crippen LogP contribution in [-0.4, -0.2) is 19.3 Å². The van der Waals surface area contributed by atoms with Gasteiger partial charge in [0, 0.05) is 11.1 Å². The van der Waals surface area contributed by atoms with Gasteiger partial charge in [-0.15, -0.1) is 0 Å². The molecule has 3 heteroatoms. The lowest BCUT2D eigenvalue weighted by atomic mass is 9.76. The normalized spacial score (nSPS) is 12.2. The van der Waals surface area contributed by atoms with Crippen molar-refractivity contribution < 1.29 is 14.6 Å². The zero-order chi connectivity index (χ0) is 19.0. The van der Waals surface area contributed by atoms with Crippen molar-refractivity contribution in [3.63, 3.8) is 0 Å². The Kier molecular flexibility index (Phi) is 5.08. The van der Waals surface area contributed by atoms with Gasteiger partial charge in [-0.05, 0) is 46.2 Å². The molecule has 0 spiro atoms. The van der Waals surface area contributed by atoms with Crippen molar-refractivity contribution in [2.45, 2.75) is 52.4 Å². The van der Waals surface area contributed by atoms with Gasteiger partial charge in [0.25, 0.3) is 0 Å². The van der Waals surface area contributed by atoms with Crippen LogP contribution in [0, 0.1) is 0 Å². The van der Waals surface area contributed by atoms with Crippen LogP contribution < -0.4 is 9.47 Å². The fourth-order valence-electron chi connectivity index (χ4n) is 3.25. The molecule has 2 aromatic carbocycles. The highest BCUT2D eigenvalue weighted by atomic mass is 16.5. The second-order valence-corrected chi connectivity index (χ2v) is 8.45. The molecule has 0 amide bonds. The van der Waals surface area contributed by atoms with Gasteiger partial charge in [0.15, 0.2) is 0 Å². The van der Waals surface area contributed by atoms with E-state index >= 15 is 0 Å². The van der Waals surface area contributed by atoms with Crippen LogP contribution in [0.3, 0.4) is 0 Å². The van der Waals surface area contributed by atoms with E-state index in [0.717, 1.165) is 33.8 Å². The molecule has 0 unspecified atom stereocenters. The number of hydrogen-bond donors (Lipinski definition) is 1. The van der Waals surface area contributed by atoms with Crippen LogP contribution in [0.5, 0.6) is 17.2 Å². The van der Waals surface area contributed by atoms with E-state index in [4.69, 9.17) is 9.47 Å². The van der Waals surface area contributed by atoms with Crippen molar-refractivity contribution in [1.82, 2.24) is 0 Å². The van der Waals surface area contributed by atoms with E-state index in [0.29, 0.717) is 0 Å². The van der Waals surface area contributed by atoms with Gasteiger partial charge in [0.1, 0.15) is 17.2 Å². The summed E-state index contributed by atoms with van der Waals surface area (Å²) >= 11 is 0. The first-order valence-corrected chi connectivity index (χ1v) is 8.60. The number of benzene rings is 2. The number of aromatic hydroxyl groups is 1. The topological polar surface area (TPSA) is 38.7 Å². The molecule has 0 aliphatic carbocycles. The molecule has 0 aliphatic heterocycles. The Morgan fingerprint density at radius 2 is 1.44 bits per heavy atom. The summed E-state index contributed by atoms with van der Waals surface area (Å²) in [7, 11) is 3.34. The number of phenols is 1. The smallest absolute Gasteiger partial charge is 0.123 e. The summed E-state index contributed by atoms with van der Waals surface area (Å²) in [5.41, 5.74) is 3.68. The zero-order valence-electron chi connectivity index (χ0n) is 16.7. The average molecular weight is 342 g/mol. The maximum Gasteiger partial charge on any atom is 0.123 e. The minimum Gasteiger partial charge on any atom is -0.507 e. The monoisotopic (exact) mass is 342 g/mol. The summed E-state index contributed by atoms with van der Waals surface area (Å²) < 4.78 is 11.0. The lowest BCUT2D eigenvalue weighted by molar-refractivity contribution is 0.394. The Morgan fingerprint density at radius 3 is 1.92 bits per heavy atom. The predicted molar refractivity (Wildman–Crippen MR) is 104 cm³/mol. The lowest BCUT2D eigenvalue weighted by Gasteiger charge is -2.30. The highest BCUT2D eigenvalue weighted by Gasteiger charge is 2.29. The summed E-state index contributed by atoms with van der Waals surface area (Å²) in [6.07, 6.45) is 0. The van der Waals surface area contributed by atoms with Crippen molar-refractivity contribution in [2.75, 3.05) is 14.2 Å². The third-order valence-corrected chi connectivity index (χ3v) is 4.42. The highest BCUT2D eigenvalue weighted by molar-refractivity contribution is 5.81. The lowest BCUT2D eigenvalue weighted by Crippen LogP contribution is -2.17. The van der Waals surface area contributed by atoms with Crippen LogP contribution >= 0.6 is 0 Å². The van der Waals surface area contributed by atoms with E-state index in [1.807, 2.05) is 18.2 Å². The molecule has 3 nitrogen and oxygen atoms in total. The summed E-state index contributed by atoms with van der Waals surface area (Å²) in [5.74, 6) is 1.87. The number of hydrogen-bond acceptors (Lipinski definition) is 3. The fraction of sp³-hybridized carbons (Fsp3) is 0.455. The minimum atomic E-state index is -0.186. The van der Waals surface area contributed by atoms with E-state index in [2.05, 4.69) is 47.6 Å². The van der Waals surface area contributed by atoms with Crippen LogP contribution in [0.4, 0.5) is 0 Å². The van der Waals surface area contributed by atoms with Crippen LogP contribution in [0.25, 0.3) is 11.1 Å². The average Bonchev–Trinajstić information content (AvgIpc) is 2.52. The van der Waals surface area contributed by atoms with Gasteiger partial charge in [0.05, 0.1) is 14.2 Å². The van der Waals surface area contributed by atoms with Gasteiger partial charge in [-0.1, -0.05) is 47.6 Å². The molecular formula is C22H30O3. The molecule has 0 saturated carbocycles. The minimum absolute atomic E-state index is 0.103. The number of phenolic OH excluding ortho intramolecular Hbond substituents is 1. The van der Waals surface area contributed by atoms with E-state index in [1.54, 1.807) is 20.3 Å². The van der Waals surface area contributed by atoms with Crippen LogP contribution in [0.2, 0.25) is 0 Å². The predicted octanol–water partition coefficient (Wildman–Crippen LogP) is 5.67. The van der Waals surface area contributed by atoms with Gasteiger partial charge in [0.2, 0.25) is 0 Å². The van der Waals surface area contributed by atoms with Crippen LogP contribution in [-0.2, 0) is 10.8 Å². The molecule has 0 fully saturated rings. The molecule has 0 heterocycles. The molecule has 2 rings (SSSR count). The molecule has 0 radical (unpaired) electrons. The molecule has 25 heavy (non-hydrogen) atoms. The van der Waals surface area contributed by atoms with Crippen molar-refractivity contribution in [3.8, 4) is 28.4 Å². The number of ether oxygens (including phenoxy) is 2. The van der Waals surface area contributed by atoms with Crippen molar-refractivity contribution >= 4 is 0 Å². The molecule has 0 aliphatic rings. The largest absolute Gasteiger partial charge is 0.507 e. The molecule has 2 aromatic rings. The molecule has 1 N–H and O–H groups in total. The standard InChI is InChI=1S/C22H30O3/c1-21(2,3)16-13-14(24-7)9-10-15(16)19-17(23)11-12-18(25-8)20(19)22(4,5)6/h9-13,23H,1-8H3. The first-order chi connectivity index (χ1) is 11.5. The zero-order valence-corrected chi connectivity index (χ0v) is 16.7. The Morgan fingerprint density at radius 1 is 0.800 bits per heavy atom. The number of rotatable bonds is 3. The van der Waals surface area contributed by atoms with E-state index in [1.165, 1.54) is 0 Å². The van der Waals surface area contributed by atoms with Gasteiger partial charge < -0.3 is 14.6 Å². The Labute approximate surface area is 151 Å². The SMILES string of the molecule is COc1ccc(-c2c(O)ccc(OC)c2C(C)(C)C)c(C(C)(C)C)c1. The molecule has 0 aromatic heterocycles. The number of methoxy groups -OCH3 is 2. The maximum absolute atomic E-state index is 10.8. The molecule has 136 valence electrons. The Balaban J connectivity index is 2.92. The first kappa shape index (κ1) is 19.2. The van der Waals surface area contributed by atoms with Gasteiger partial charge in [-0.25, -0.2) is 0 Å². The third kappa shape index (κ3) is 3.76. The second kappa shape index (κ2) is 6.62.